The average Bonchev–Trinajstić information content (AvgIpc) is 2.78. The van der Waals surface area contributed by atoms with Crippen LogP contribution in [0.25, 0.3) is 0 Å². The maximum atomic E-state index is 13.4. The van der Waals surface area contributed by atoms with E-state index in [-0.39, 0.29) is 11.7 Å². The van der Waals surface area contributed by atoms with E-state index in [9.17, 15) is 9.59 Å². The van der Waals surface area contributed by atoms with E-state index in [0.717, 1.165) is 34.7 Å². The van der Waals surface area contributed by atoms with E-state index in [1.165, 1.54) is 7.11 Å². The van der Waals surface area contributed by atoms with Gasteiger partial charge in [-0.1, -0.05) is 42.5 Å². The minimum atomic E-state index is -0.455. The Labute approximate surface area is 176 Å². The van der Waals surface area contributed by atoms with Crippen LogP contribution < -0.4 is 10.1 Å². The average molecular weight is 403 g/mol. The van der Waals surface area contributed by atoms with E-state index in [0.29, 0.717) is 17.6 Å². The number of ketones is 1. The minimum absolute atomic E-state index is 0.0623. The number of carbonyl (C=O) groups is 2. The summed E-state index contributed by atoms with van der Waals surface area (Å²) in [6, 6.07) is 17.6. The second kappa shape index (κ2) is 8.19. The summed E-state index contributed by atoms with van der Waals surface area (Å²) >= 11 is 0. The molecule has 0 saturated carbocycles. The van der Waals surface area contributed by atoms with Crippen molar-refractivity contribution in [3.63, 3.8) is 0 Å². The van der Waals surface area contributed by atoms with Gasteiger partial charge in [0, 0.05) is 29.3 Å². The van der Waals surface area contributed by atoms with Gasteiger partial charge >= 0.3 is 5.97 Å². The quantitative estimate of drug-likeness (QED) is 0.774. The van der Waals surface area contributed by atoms with Crippen LogP contribution in [-0.2, 0) is 14.3 Å². The molecule has 0 bridgehead atoms. The molecule has 0 fully saturated rings. The molecule has 0 aromatic heterocycles. The van der Waals surface area contributed by atoms with Crippen molar-refractivity contribution in [1.82, 2.24) is 5.32 Å². The van der Waals surface area contributed by atoms with Crippen LogP contribution in [0.3, 0.4) is 0 Å². The van der Waals surface area contributed by atoms with Crippen LogP contribution in [0.5, 0.6) is 5.75 Å². The summed E-state index contributed by atoms with van der Waals surface area (Å²) in [5, 5.41) is 3.35. The lowest BCUT2D eigenvalue weighted by Gasteiger charge is -2.36. The van der Waals surface area contributed by atoms with Gasteiger partial charge in [-0.05, 0) is 42.5 Å². The predicted molar refractivity (Wildman–Crippen MR) is 114 cm³/mol. The lowest BCUT2D eigenvalue weighted by atomic mass is 9.72. The van der Waals surface area contributed by atoms with E-state index >= 15 is 0 Å². The van der Waals surface area contributed by atoms with Crippen molar-refractivity contribution in [1.29, 1.82) is 0 Å². The maximum Gasteiger partial charge on any atom is 0.336 e. The van der Waals surface area contributed by atoms with Crippen LogP contribution in [0.1, 0.15) is 42.7 Å². The molecule has 30 heavy (non-hydrogen) atoms. The Bertz CT molecular complexity index is 1030. The van der Waals surface area contributed by atoms with Crippen LogP contribution in [0.2, 0.25) is 0 Å². The number of hydrogen-bond acceptors (Lipinski definition) is 5. The number of dihydropyridines is 1. The van der Waals surface area contributed by atoms with Gasteiger partial charge in [0.15, 0.2) is 5.78 Å². The van der Waals surface area contributed by atoms with Gasteiger partial charge in [0.1, 0.15) is 5.75 Å². The van der Waals surface area contributed by atoms with Crippen molar-refractivity contribution in [2.45, 2.75) is 31.6 Å². The van der Waals surface area contributed by atoms with Gasteiger partial charge in [-0.25, -0.2) is 4.79 Å². The largest absolute Gasteiger partial charge is 0.497 e. The first-order valence-corrected chi connectivity index (χ1v) is 10.0. The Kier molecular flexibility index (Phi) is 5.44. The number of nitrogens with one attached hydrogen (secondary N) is 1. The fraction of sp³-hybridized carbons (Fsp3) is 0.280. The van der Waals surface area contributed by atoms with Gasteiger partial charge in [-0.2, -0.15) is 0 Å². The lowest BCUT2D eigenvalue weighted by molar-refractivity contribution is -0.136. The highest BCUT2D eigenvalue weighted by atomic mass is 16.5. The third-order valence-electron chi connectivity index (χ3n) is 5.95. The Morgan fingerprint density at radius 2 is 1.67 bits per heavy atom. The maximum absolute atomic E-state index is 13.4. The van der Waals surface area contributed by atoms with Crippen LogP contribution in [0.15, 0.2) is 77.1 Å². The highest BCUT2D eigenvalue weighted by molar-refractivity contribution is 6.04. The molecule has 0 saturated heterocycles. The molecule has 2 aliphatic rings. The Balaban J connectivity index is 1.80. The zero-order valence-electron chi connectivity index (χ0n) is 17.4. The van der Waals surface area contributed by atoms with Crippen molar-refractivity contribution in [3.8, 4) is 5.75 Å². The van der Waals surface area contributed by atoms with Crippen LogP contribution in [0.4, 0.5) is 0 Å². The summed E-state index contributed by atoms with van der Waals surface area (Å²) in [6.07, 6.45) is 1.15. The van der Waals surface area contributed by atoms with Crippen molar-refractivity contribution in [2.75, 3.05) is 14.2 Å². The third kappa shape index (κ3) is 3.52. The fourth-order valence-electron chi connectivity index (χ4n) is 4.51. The lowest BCUT2D eigenvalue weighted by Crippen LogP contribution is -2.36. The molecule has 154 valence electrons. The van der Waals surface area contributed by atoms with Crippen molar-refractivity contribution in [3.05, 3.63) is 88.3 Å². The number of hydrogen-bond donors (Lipinski definition) is 1. The summed E-state index contributed by atoms with van der Waals surface area (Å²) in [6.45, 7) is 1.86. The molecule has 5 heteroatoms. The molecule has 2 aromatic rings. The fourth-order valence-corrected chi connectivity index (χ4v) is 4.51. The highest BCUT2D eigenvalue weighted by Crippen LogP contribution is 2.45. The first-order chi connectivity index (χ1) is 14.5. The molecule has 1 N–H and O–H groups in total. The third-order valence-corrected chi connectivity index (χ3v) is 5.95. The van der Waals surface area contributed by atoms with E-state index in [1.54, 1.807) is 7.11 Å². The number of rotatable bonds is 4. The Morgan fingerprint density at radius 1 is 0.967 bits per heavy atom. The SMILES string of the molecule is COC(=O)C1=C(C)NC2=C(C(=O)C[C@@H](c3ccccc3)C2)[C@@H]1c1ccc(OC)cc1. The van der Waals surface area contributed by atoms with Crippen LogP contribution >= 0.6 is 0 Å². The molecule has 1 aliphatic carbocycles. The van der Waals surface area contributed by atoms with Crippen LogP contribution in [-0.4, -0.2) is 26.0 Å². The van der Waals surface area contributed by atoms with Gasteiger partial charge in [0.25, 0.3) is 0 Å². The number of methoxy groups -OCH3 is 2. The standard InChI is InChI=1S/C25H25NO4/c1-15-22(25(28)30-3)23(17-9-11-19(29-2)12-10-17)24-20(26-15)13-18(14-21(24)27)16-7-5-4-6-8-16/h4-12,18,23,26H,13-14H2,1-3H3/t18-,23+/m0/s1. The molecule has 0 unspecified atom stereocenters. The second-order valence-electron chi connectivity index (χ2n) is 7.69. The molecular formula is C25H25NO4. The predicted octanol–water partition coefficient (Wildman–Crippen LogP) is 4.23. The molecule has 0 spiro atoms. The molecule has 1 aliphatic heterocycles. The molecule has 4 rings (SSSR count). The molecule has 0 amide bonds. The Morgan fingerprint density at radius 3 is 2.30 bits per heavy atom. The number of Topliss-reactive ketones (excluding diaryl/α,β-unsaturated/α-hetero) is 1. The number of benzene rings is 2. The summed E-state index contributed by atoms with van der Waals surface area (Å²) in [5.74, 6) is 0.0248. The van der Waals surface area contributed by atoms with Crippen molar-refractivity contribution >= 4 is 11.8 Å². The topological polar surface area (TPSA) is 64.6 Å². The normalized spacial score (nSPS) is 21.1. The number of esters is 1. The number of ether oxygens (including phenoxy) is 2. The number of allylic oxidation sites excluding steroid dienone is 3. The molecule has 2 aromatic carbocycles. The highest BCUT2D eigenvalue weighted by Gasteiger charge is 2.41. The van der Waals surface area contributed by atoms with Gasteiger partial charge in [-0.15, -0.1) is 0 Å². The molecule has 0 radical (unpaired) electrons. The van der Waals surface area contributed by atoms with E-state index < -0.39 is 11.9 Å². The van der Waals surface area contributed by atoms with Gasteiger partial charge in [0.2, 0.25) is 0 Å². The van der Waals surface area contributed by atoms with E-state index in [2.05, 4.69) is 17.4 Å². The van der Waals surface area contributed by atoms with Gasteiger partial charge < -0.3 is 14.8 Å². The van der Waals surface area contributed by atoms with Crippen LogP contribution in [0, 0.1) is 0 Å². The second-order valence-corrected chi connectivity index (χ2v) is 7.69. The van der Waals surface area contributed by atoms with Gasteiger partial charge in [-0.3, -0.25) is 4.79 Å². The molecule has 5 nitrogen and oxygen atoms in total. The molecule has 1 heterocycles. The van der Waals surface area contributed by atoms with Gasteiger partial charge in [0.05, 0.1) is 19.8 Å². The van der Waals surface area contributed by atoms with E-state index in [1.807, 2.05) is 49.4 Å². The zero-order valence-corrected chi connectivity index (χ0v) is 17.4. The van der Waals surface area contributed by atoms with Crippen molar-refractivity contribution < 1.29 is 19.1 Å². The summed E-state index contributed by atoms with van der Waals surface area (Å²) in [5.41, 5.74) is 4.79. The Hall–Kier alpha value is -3.34. The molecule has 2 atom stereocenters. The minimum Gasteiger partial charge on any atom is -0.497 e. The van der Waals surface area contributed by atoms with Crippen molar-refractivity contribution in [2.24, 2.45) is 0 Å². The van der Waals surface area contributed by atoms with E-state index in [4.69, 9.17) is 9.47 Å². The summed E-state index contributed by atoms with van der Waals surface area (Å²) < 4.78 is 10.3. The first-order valence-electron chi connectivity index (χ1n) is 10.0. The molecular weight excluding hydrogens is 378 g/mol. The smallest absolute Gasteiger partial charge is 0.336 e. The monoisotopic (exact) mass is 403 g/mol. The zero-order chi connectivity index (χ0) is 21.3. The summed E-state index contributed by atoms with van der Waals surface area (Å²) in [7, 11) is 2.98. The first kappa shape index (κ1) is 20.0. The summed E-state index contributed by atoms with van der Waals surface area (Å²) in [4.78, 5) is 26.1. The number of carbonyl (C=O) groups excluding carboxylic acids is 2.